The maximum Gasteiger partial charge on any atom is 0.336 e. The van der Waals surface area contributed by atoms with Crippen LogP contribution < -0.4 is 5.63 Å². The van der Waals surface area contributed by atoms with Crippen LogP contribution in [0.4, 0.5) is 0 Å². The van der Waals surface area contributed by atoms with Gasteiger partial charge in [0.25, 0.3) is 0 Å². The Labute approximate surface area is 178 Å². The summed E-state index contributed by atoms with van der Waals surface area (Å²) < 4.78 is 29.7. The van der Waals surface area contributed by atoms with Crippen LogP contribution in [0.15, 0.2) is 33.5 Å². The van der Waals surface area contributed by atoms with Gasteiger partial charge >= 0.3 is 5.63 Å². The van der Waals surface area contributed by atoms with Crippen molar-refractivity contribution in [3.05, 3.63) is 45.8 Å². The monoisotopic (exact) mass is 433 g/mol. The van der Waals surface area contributed by atoms with Gasteiger partial charge in [-0.05, 0) is 61.8 Å². The Kier molecular flexibility index (Phi) is 6.70. The molecule has 1 aromatic carbocycles. The van der Waals surface area contributed by atoms with Crippen LogP contribution >= 0.6 is 0 Å². The second-order valence-electron chi connectivity index (χ2n) is 8.89. The fourth-order valence-electron chi connectivity index (χ4n) is 3.96. The average molecular weight is 434 g/mol. The predicted molar refractivity (Wildman–Crippen MR) is 119 cm³/mol. The van der Waals surface area contributed by atoms with E-state index in [4.69, 9.17) is 4.42 Å². The summed E-state index contributed by atoms with van der Waals surface area (Å²) in [5, 5.41) is 0.464. The van der Waals surface area contributed by atoms with Crippen molar-refractivity contribution >= 4 is 26.7 Å². The lowest BCUT2D eigenvalue weighted by Gasteiger charge is -2.32. The molecule has 0 aliphatic carbocycles. The highest BCUT2D eigenvalue weighted by Gasteiger charge is 2.28. The molecule has 164 valence electrons. The van der Waals surface area contributed by atoms with Crippen LogP contribution in [0.3, 0.4) is 0 Å². The zero-order valence-electron chi connectivity index (χ0n) is 18.2. The molecule has 1 aromatic heterocycles. The van der Waals surface area contributed by atoms with E-state index < -0.39 is 9.84 Å². The van der Waals surface area contributed by atoms with Crippen LogP contribution in [0.2, 0.25) is 0 Å². The summed E-state index contributed by atoms with van der Waals surface area (Å²) in [5.74, 6) is 0.538. The maximum atomic E-state index is 12.9. The van der Waals surface area contributed by atoms with Crippen LogP contribution in [-0.4, -0.2) is 43.3 Å². The minimum Gasteiger partial charge on any atom is -0.422 e. The molecule has 0 bridgehead atoms. The zero-order valence-corrected chi connectivity index (χ0v) is 19.0. The van der Waals surface area contributed by atoms with Gasteiger partial charge in [0.15, 0.2) is 9.84 Å². The Hall–Kier alpha value is -2.15. The van der Waals surface area contributed by atoms with Crippen molar-refractivity contribution in [3.63, 3.8) is 0 Å². The first-order chi connectivity index (χ1) is 14.1. The van der Waals surface area contributed by atoms with Crippen molar-refractivity contribution in [2.75, 3.05) is 18.8 Å². The van der Waals surface area contributed by atoms with E-state index in [0.717, 1.165) is 29.4 Å². The number of carbonyl (C=O) groups is 1. The van der Waals surface area contributed by atoms with Gasteiger partial charge in [-0.1, -0.05) is 19.9 Å². The van der Waals surface area contributed by atoms with Crippen LogP contribution in [0.25, 0.3) is 11.0 Å². The minimum atomic E-state index is -3.06. The first-order valence-electron chi connectivity index (χ1n) is 10.6. The van der Waals surface area contributed by atoms with Crippen molar-refractivity contribution in [3.8, 4) is 0 Å². The molecule has 2 aromatic rings. The normalized spacial score (nSPS) is 16.0. The van der Waals surface area contributed by atoms with Gasteiger partial charge < -0.3 is 9.32 Å². The van der Waals surface area contributed by atoms with E-state index in [9.17, 15) is 18.0 Å². The summed E-state index contributed by atoms with van der Waals surface area (Å²) in [6.07, 6.45) is 1.72. The maximum absolute atomic E-state index is 12.9. The molecule has 0 atom stereocenters. The fourth-order valence-corrected chi connectivity index (χ4v) is 5.34. The van der Waals surface area contributed by atoms with E-state index in [1.54, 1.807) is 19.9 Å². The van der Waals surface area contributed by atoms with Gasteiger partial charge in [-0.15, -0.1) is 0 Å². The van der Waals surface area contributed by atoms with Crippen molar-refractivity contribution in [1.29, 1.82) is 0 Å². The summed E-state index contributed by atoms with van der Waals surface area (Å²) >= 11 is 0. The first-order valence-corrected chi connectivity index (χ1v) is 12.3. The Morgan fingerprint density at radius 1 is 1.13 bits per heavy atom. The van der Waals surface area contributed by atoms with Gasteiger partial charge in [0.05, 0.1) is 17.4 Å². The third-order valence-electron chi connectivity index (χ3n) is 5.94. The van der Waals surface area contributed by atoms with Crippen LogP contribution in [0, 0.1) is 5.92 Å². The number of carbonyl (C=O) groups excluding carboxylic acids is 1. The third-order valence-corrected chi connectivity index (χ3v) is 8.31. The lowest BCUT2D eigenvalue weighted by atomic mass is 9.95. The molecular formula is C23H31NO5S. The smallest absolute Gasteiger partial charge is 0.336 e. The molecule has 6 nitrogen and oxygen atoms in total. The molecule has 0 radical (unpaired) electrons. The Balaban J connectivity index is 1.69. The van der Waals surface area contributed by atoms with Crippen molar-refractivity contribution in [2.45, 2.75) is 58.1 Å². The number of nitrogens with zero attached hydrogens (tertiary/aromatic N) is 1. The number of rotatable bonds is 6. The molecule has 0 spiro atoms. The van der Waals surface area contributed by atoms with Crippen molar-refractivity contribution < 1.29 is 17.6 Å². The fraction of sp³-hybridized carbons (Fsp3) is 0.565. The Morgan fingerprint density at radius 3 is 2.40 bits per heavy atom. The molecule has 0 unspecified atom stereocenters. The topological polar surface area (TPSA) is 84.7 Å². The second-order valence-corrected chi connectivity index (χ2v) is 11.5. The molecule has 30 heavy (non-hydrogen) atoms. The van der Waals surface area contributed by atoms with Gasteiger partial charge in [-0.2, -0.15) is 0 Å². The van der Waals surface area contributed by atoms with E-state index in [1.807, 2.05) is 30.9 Å². The molecule has 7 heteroatoms. The average Bonchev–Trinajstić information content (AvgIpc) is 2.67. The number of benzene rings is 1. The minimum absolute atomic E-state index is 0.0478. The molecule has 1 aliphatic rings. The molecule has 1 fully saturated rings. The number of amides is 1. The van der Waals surface area contributed by atoms with Crippen LogP contribution in [-0.2, 0) is 21.1 Å². The molecule has 0 N–H and O–H groups in total. The molecule has 1 saturated heterocycles. The number of hydrogen-bond acceptors (Lipinski definition) is 5. The highest BCUT2D eigenvalue weighted by Crippen LogP contribution is 2.27. The highest BCUT2D eigenvalue weighted by atomic mass is 32.2. The van der Waals surface area contributed by atoms with Crippen LogP contribution in [0.1, 0.15) is 57.6 Å². The first kappa shape index (κ1) is 22.5. The van der Waals surface area contributed by atoms with Gasteiger partial charge in [-0.25, -0.2) is 13.2 Å². The number of sulfone groups is 1. The van der Waals surface area contributed by atoms with Gasteiger partial charge in [-0.3, -0.25) is 4.79 Å². The molecule has 3 rings (SSSR count). The van der Waals surface area contributed by atoms with E-state index in [2.05, 4.69) is 0 Å². The van der Waals surface area contributed by atoms with E-state index in [0.29, 0.717) is 18.7 Å². The van der Waals surface area contributed by atoms with Gasteiger partial charge in [0.2, 0.25) is 5.91 Å². The Bertz CT molecular complexity index is 1080. The number of hydrogen-bond donors (Lipinski definition) is 0. The molecule has 2 heterocycles. The SMILES string of the molecule is CC(C)c1cc(CC(=O)N2CCC(CS(=O)(=O)C(C)C)CC2)cc2ccc(=O)oc12. The predicted octanol–water partition coefficient (Wildman–Crippen LogP) is 3.52. The summed E-state index contributed by atoms with van der Waals surface area (Å²) in [6, 6.07) is 7.00. The molecule has 1 aliphatic heterocycles. The van der Waals surface area contributed by atoms with E-state index in [1.165, 1.54) is 6.07 Å². The number of fused-ring (bicyclic) bond motifs is 1. The van der Waals surface area contributed by atoms with Gasteiger partial charge in [0, 0.05) is 24.5 Å². The largest absolute Gasteiger partial charge is 0.422 e. The summed E-state index contributed by atoms with van der Waals surface area (Å²) in [6.45, 7) is 8.68. The number of likely N-dealkylation sites (tertiary alicyclic amines) is 1. The van der Waals surface area contributed by atoms with Crippen molar-refractivity contribution in [1.82, 2.24) is 4.90 Å². The molecule has 0 saturated carbocycles. The zero-order chi connectivity index (χ0) is 22.1. The molecule has 1 amide bonds. The summed E-state index contributed by atoms with van der Waals surface area (Å²) in [7, 11) is -3.06. The van der Waals surface area contributed by atoms with Crippen LogP contribution in [0.5, 0.6) is 0 Å². The van der Waals surface area contributed by atoms with E-state index >= 15 is 0 Å². The standard InChI is InChI=1S/C23H31NO5S/c1-15(2)20-12-18(11-19-5-6-22(26)29-23(19)20)13-21(25)24-9-7-17(8-10-24)14-30(27,28)16(3)4/h5-6,11-12,15-17H,7-10,13-14H2,1-4H3. The lowest BCUT2D eigenvalue weighted by Crippen LogP contribution is -2.41. The number of piperidine rings is 1. The summed E-state index contributed by atoms with van der Waals surface area (Å²) in [5.41, 5.74) is 2.02. The Morgan fingerprint density at radius 2 is 1.80 bits per heavy atom. The van der Waals surface area contributed by atoms with Crippen molar-refractivity contribution in [2.24, 2.45) is 5.92 Å². The lowest BCUT2D eigenvalue weighted by molar-refractivity contribution is -0.131. The summed E-state index contributed by atoms with van der Waals surface area (Å²) in [4.78, 5) is 26.3. The third kappa shape index (κ3) is 5.12. The quantitative estimate of drug-likeness (QED) is 0.651. The second kappa shape index (κ2) is 8.92. The highest BCUT2D eigenvalue weighted by molar-refractivity contribution is 7.91. The van der Waals surface area contributed by atoms with E-state index in [-0.39, 0.29) is 40.8 Å². The van der Waals surface area contributed by atoms with Gasteiger partial charge in [0.1, 0.15) is 5.58 Å². The molecular weight excluding hydrogens is 402 g/mol.